The van der Waals surface area contributed by atoms with Crippen LogP contribution in [0.3, 0.4) is 0 Å². The summed E-state index contributed by atoms with van der Waals surface area (Å²) in [6.07, 6.45) is 3.91. The Morgan fingerprint density at radius 2 is 2.46 bits per heavy atom. The molecule has 0 unspecified atom stereocenters. The van der Waals surface area contributed by atoms with Gasteiger partial charge in [-0.15, -0.1) is 0 Å². The van der Waals surface area contributed by atoms with Gasteiger partial charge in [0.05, 0.1) is 12.9 Å². The predicted molar refractivity (Wildman–Crippen MR) is 55.1 cm³/mol. The Morgan fingerprint density at radius 1 is 1.62 bits per heavy atom. The Labute approximate surface area is 78.5 Å². The molecule has 0 saturated heterocycles. The number of aliphatic imine (C=N–C) groups is 1. The minimum atomic E-state index is 0.678. The lowest BCUT2D eigenvalue weighted by Crippen LogP contribution is -2.11. The molecule has 0 spiro atoms. The van der Waals surface area contributed by atoms with Gasteiger partial charge in [0.25, 0.3) is 0 Å². The van der Waals surface area contributed by atoms with Crippen LogP contribution < -0.4 is 5.32 Å². The first-order valence-electron chi connectivity index (χ1n) is 4.70. The quantitative estimate of drug-likeness (QED) is 0.736. The third-order valence-corrected chi connectivity index (χ3v) is 2.16. The first-order valence-corrected chi connectivity index (χ1v) is 4.70. The van der Waals surface area contributed by atoms with Crippen molar-refractivity contribution < 1.29 is 0 Å². The van der Waals surface area contributed by atoms with E-state index in [2.05, 4.69) is 41.0 Å². The number of aromatic nitrogens is 1. The number of nitrogens with zero attached hydrogens (tertiary/aromatic N) is 2. The summed E-state index contributed by atoms with van der Waals surface area (Å²) in [4.78, 5) is 4.16. The fourth-order valence-electron chi connectivity index (χ4n) is 1.62. The van der Waals surface area contributed by atoms with Crippen LogP contribution in [0, 0.1) is 5.92 Å². The number of hydrogen-bond acceptors (Lipinski definition) is 2. The van der Waals surface area contributed by atoms with Gasteiger partial charge in [0.2, 0.25) is 0 Å². The van der Waals surface area contributed by atoms with Crippen molar-refractivity contribution in [3.8, 4) is 0 Å². The smallest absolute Gasteiger partial charge is 0.116 e. The van der Waals surface area contributed by atoms with Crippen LogP contribution in [0.2, 0.25) is 0 Å². The van der Waals surface area contributed by atoms with Gasteiger partial charge in [0.15, 0.2) is 0 Å². The lowest BCUT2D eigenvalue weighted by Gasteiger charge is -2.14. The maximum absolute atomic E-state index is 4.16. The molecule has 1 aromatic heterocycles. The topological polar surface area (TPSA) is 29.3 Å². The molecule has 0 atom stereocenters. The molecule has 1 aliphatic rings. The minimum Gasteiger partial charge on any atom is -0.334 e. The molecule has 0 bridgehead atoms. The summed E-state index contributed by atoms with van der Waals surface area (Å²) < 4.78 is 2.26. The van der Waals surface area contributed by atoms with E-state index in [0.717, 1.165) is 13.1 Å². The zero-order chi connectivity index (χ0) is 9.26. The standard InChI is InChI=1S/C10H15N3/c1-8(2)6-13-4-3-9-5-11-7-12-10(9)13/h3-4,7-8H,5-6H2,1-2H3,(H,11,12). The van der Waals surface area contributed by atoms with Gasteiger partial charge in [0, 0.05) is 18.3 Å². The second-order valence-corrected chi connectivity index (χ2v) is 3.85. The van der Waals surface area contributed by atoms with Crippen LogP contribution in [-0.2, 0) is 13.1 Å². The predicted octanol–water partition coefficient (Wildman–Crippen LogP) is 2.10. The maximum atomic E-state index is 4.16. The van der Waals surface area contributed by atoms with Crippen molar-refractivity contribution in [3.63, 3.8) is 0 Å². The SMILES string of the molecule is CC(C)Cn1ccc2c1NC=NC2. The Kier molecular flexibility index (Phi) is 2.08. The molecule has 0 saturated carbocycles. The molecule has 2 rings (SSSR count). The Balaban J connectivity index is 2.24. The molecule has 3 nitrogen and oxygen atoms in total. The second kappa shape index (κ2) is 3.24. The summed E-state index contributed by atoms with van der Waals surface area (Å²) in [5, 5.41) is 3.19. The molecule has 1 N–H and O–H groups in total. The van der Waals surface area contributed by atoms with E-state index in [1.165, 1.54) is 11.4 Å². The average Bonchev–Trinajstić information content (AvgIpc) is 2.48. The number of hydrogen-bond donors (Lipinski definition) is 1. The van der Waals surface area contributed by atoms with Crippen molar-refractivity contribution in [3.05, 3.63) is 17.8 Å². The van der Waals surface area contributed by atoms with Crippen molar-refractivity contribution in [1.29, 1.82) is 0 Å². The van der Waals surface area contributed by atoms with Crippen LogP contribution in [-0.4, -0.2) is 10.9 Å². The van der Waals surface area contributed by atoms with Crippen molar-refractivity contribution in [1.82, 2.24) is 4.57 Å². The van der Waals surface area contributed by atoms with E-state index in [-0.39, 0.29) is 0 Å². The van der Waals surface area contributed by atoms with E-state index in [1.807, 2.05) is 0 Å². The van der Waals surface area contributed by atoms with E-state index in [9.17, 15) is 0 Å². The van der Waals surface area contributed by atoms with E-state index in [1.54, 1.807) is 6.34 Å². The Hall–Kier alpha value is -1.25. The summed E-state index contributed by atoms with van der Waals surface area (Å²) in [7, 11) is 0. The summed E-state index contributed by atoms with van der Waals surface area (Å²) >= 11 is 0. The van der Waals surface area contributed by atoms with Gasteiger partial charge in [-0.1, -0.05) is 13.8 Å². The van der Waals surface area contributed by atoms with Crippen molar-refractivity contribution in [2.75, 3.05) is 5.32 Å². The molecule has 2 heterocycles. The lowest BCUT2D eigenvalue weighted by molar-refractivity contribution is 0.528. The zero-order valence-electron chi connectivity index (χ0n) is 8.12. The molecule has 1 aromatic rings. The Morgan fingerprint density at radius 3 is 3.23 bits per heavy atom. The zero-order valence-corrected chi connectivity index (χ0v) is 8.12. The number of fused-ring (bicyclic) bond motifs is 1. The van der Waals surface area contributed by atoms with Crippen LogP contribution in [0.1, 0.15) is 19.4 Å². The van der Waals surface area contributed by atoms with Crippen LogP contribution in [0.25, 0.3) is 0 Å². The fraction of sp³-hybridized carbons (Fsp3) is 0.500. The van der Waals surface area contributed by atoms with Gasteiger partial charge < -0.3 is 9.88 Å². The number of nitrogens with one attached hydrogen (secondary N) is 1. The van der Waals surface area contributed by atoms with E-state index >= 15 is 0 Å². The highest BCUT2D eigenvalue weighted by atomic mass is 15.1. The van der Waals surface area contributed by atoms with Gasteiger partial charge in [-0.2, -0.15) is 0 Å². The molecule has 13 heavy (non-hydrogen) atoms. The van der Waals surface area contributed by atoms with Gasteiger partial charge >= 0.3 is 0 Å². The summed E-state index contributed by atoms with van der Waals surface area (Å²) in [5.41, 5.74) is 1.29. The van der Waals surface area contributed by atoms with E-state index in [4.69, 9.17) is 0 Å². The van der Waals surface area contributed by atoms with Gasteiger partial charge in [-0.05, 0) is 12.0 Å². The minimum absolute atomic E-state index is 0.678. The molecule has 70 valence electrons. The van der Waals surface area contributed by atoms with E-state index in [0.29, 0.717) is 5.92 Å². The highest BCUT2D eigenvalue weighted by Gasteiger charge is 2.10. The summed E-state index contributed by atoms with van der Waals surface area (Å²) in [6, 6.07) is 2.14. The van der Waals surface area contributed by atoms with E-state index < -0.39 is 0 Å². The highest BCUT2D eigenvalue weighted by Crippen LogP contribution is 2.21. The summed E-state index contributed by atoms with van der Waals surface area (Å²) in [5.74, 6) is 1.89. The monoisotopic (exact) mass is 177 g/mol. The van der Waals surface area contributed by atoms with Crippen LogP contribution in [0.15, 0.2) is 17.3 Å². The fourth-order valence-corrected chi connectivity index (χ4v) is 1.62. The highest BCUT2D eigenvalue weighted by molar-refractivity contribution is 5.77. The number of rotatable bonds is 2. The van der Waals surface area contributed by atoms with Gasteiger partial charge in [0.1, 0.15) is 5.82 Å². The van der Waals surface area contributed by atoms with Crippen molar-refractivity contribution >= 4 is 12.2 Å². The molecule has 1 aliphatic heterocycles. The van der Waals surface area contributed by atoms with Crippen LogP contribution in [0.4, 0.5) is 5.82 Å². The second-order valence-electron chi connectivity index (χ2n) is 3.85. The lowest BCUT2D eigenvalue weighted by atomic mass is 10.2. The molecular weight excluding hydrogens is 162 g/mol. The molecule has 0 amide bonds. The first kappa shape index (κ1) is 8.35. The molecular formula is C10H15N3. The van der Waals surface area contributed by atoms with Crippen molar-refractivity contribution in [2.45, 2.75) is 26.9 Å². The largest absolute Gasteiger partial charge is 0.334 e. The normalized spacial score (nSPS) is 14.4. The molecule has 0 aliphatic carbocycles. The van der Waals surface area contributed by atoms with Crippen LogP contribution in [0.5, 0.6) is 0 Å². The molecule has 0 fully saturated rings. The first-order chi connectivity index (χ1) is 6.27. The average molecular weight is 177 g/mol. The summed E-state index contributed by atoms with van der Waals surface area (Å²) in [6.45, 7) is 6.33. The third-order valence-electron chi connectivity index (χ3n) is 2.16. The maximum Gasteiger partial charge on any atom is 0.116 e. The Bertz CT molecular complexity index is 323. The molecule has 3 heteroatoms. The molecule has 0 radical (unpaired) electrons. The number of anilines is 1. The van der Waals surface area contributed by atoms with Gasteiger partial charge in [-0.3, -0.25) is 4.99 Å². The van der Waals surface area contributed by atoms with Crippen molar-refractivity contribution in [2.24, 2.45) is 10.9 Å². The third kappa shape index (κ3) is 1.59. The van der Waals surface area contributed by atoms with Gasteiger partial charge in [-0.25, -0.2) is 0 Å². The van der Waals surface area contributed by atoms with Crippen LogP contribution >= 0.6 is 0 Å². The molecule has 0 aromatic carbocycles.